The van der Waals surface area contributed by atoms with E-state index in [1.165, 1.54) is 74.3 Å². The Morgan fingerprint density at radius 1 is 0.705 bits per heavy atom. The van der Waals surface area contributed by atoms with Crippen molar-refractivity contribution in [3.05, 3.63) is 154 Å². The molecule has 4 aromatic rings. The Morgan fingerprint density at radius 2 is 1.20 bits per heavy atom. The Morgan fingerprint density at radius 3 is 1.57 bits per heavy atom. The third kappa shape index (κ3) is 12.2. The Bertz CT molecular complexity index is 1390. The molecule has 2 aliphatic carbocycles. The van der Waals surface area contributed by atoms with Crippen LogP contribution in [0.4, 0.5) is 0 Å². The third-order valence-corrected chi connectivity index (χ3v) is 7.38. The molecule has 1 heteroatoms. The van der Waals surface area contributed by atoms with Crippen LogP contribution in [0.1, 0.15) is 88.8 Å². The third-order valence-electron chi connectivity index (χ3n) is 7.38. The van der Waals surface area contributed by atoms with Gasteiger partial charge in [-0.25, -0.2) is 11.6 Å². The van der Waals surface area contributed by atoms with E-state index in [1.54, 1.807) is 0 Å². The molecule has 0 amide bonds. The van der Waals surface area contributed by atoms with E-state index in [0.717, 1.165) is 6.42 Å². The Hall–Kier alpha value is -2.89. The van der Waals surface area contributed by atoms with Crippen LogP contribution in [0, 0.1) is 44.0 Å². The van der Waals surface area contributed by atoms with Gasteiger partial charge in [-0.15, -0.1) is 12.5 Å². The van der Waals surface area contributed by atoms with E-state index in [2.05, 4.69) is 134 Å². The summed E-state index contributed by atoms with van der Waals surface area (Å²) in [4.78, 5) is 0. The van der Waals surface area contributed by atoms with Gasteiger partial charge in [0.2, 0.25) is 0 Å². The van der Waals surface area contributed by atoms with Crippen LogP contribution in [0.25, 0.3) is 11.1 Å². The maximum absolute atomic E-state index is 3.53. The van der Waals surface area contributed by atoms with E-state index >= 15 is 0 Å². The summed E-state index contributed by atoms with van der Waals surface area (Å²) in [6, 6.07) is 36.7. The molecular weight excluding hydrogens is 608 g/mol. The molecule has 0 fully saturated rings. The number of rotatable bonds is 0. The summed E-state index contributed by atoms with van der Waals surface area (Å²) < 4.78 is 3.34. The van der Waals surface area contributed by atoms with Crippen molar-refractivity contribution in [2.75, 3.05) is 0 Å². The summed E-state index contributed by atoms with van der Waals surface area (Å²) in [7, 11) is 0. The quantitative estimate of drug-likeness (QED) is 0.145. The standard InChI is InChI=1S/C21H25.C7H9.2C7H7.CH2.Zr/c1-20(2,3)16-9-7-14-11-15-8-10-17(21(4,5)6)13-19(15)18(14)12-16;1-6-3-4-7(2)5-6;2*1-7-5-3-2-4-6-7;;/h7,9-10,12-13H,11H2,1-6H3;3,5,7H,1-2H3;2*3-6H,1H3;1H2;/q4*-1;;. The SMILES string of the molecule is CC(C)(C)c1c[c-]c2c(c1)-c1cc(C(C)(C)C)ccc1C2.CC1=CC(C)[C-]=C1.Cc1cc[c-]cc1.Cc1cc[c-]cc1.[CH2]=[Zr]. The second-order valence-corrected chi connectivity index (χ2v) is 13.5. The van der Waals surface area contributed by atoms with Crippen molar-refractivity contribution >= 4 is 4.21 Å². The van der Waals surface area contributed by atoms with Gasteiger partial charge in [0, 0.05) is 0 Å². The first-order valence-electron chi connectivity index (χ1n) is 15.4. The predicted molar refractivity (Wildman–Crippen MR) is 189 cm³/mol. The molecule has 0 aliphatic heterocycles. The van der Waals surface area contributed by atoms with Gasteiger partial charge < -0.3 is 0 Å². The molecule has 2 aliphatic rings. The number of fused-ring (bicyclic) bond motifs is 3. The van der Waals surface area contributed by atoms with Crippen molar-refractivity contribution < 1.29 is 24.2 Å². The molecular formula is C43H50Zr-4. The van der Waals surface area contributed by atoms with E-state index in [4.69, 9.17) is 0 Å². The van der Waals surface area contributed by atoms with E-state index in [9.17, 15) is 0 Å². The maximum atomic E-state index is 3.53. The predicted octanol–water partition coefficient (Wildman–Crippen LogP) is 11.2. The van der Waals surface area contributed by atoms with E-state index in [0.29, 0.717) is 5.92 Å². The fourth-order valence-corrected chi connectivity index (χ4v) is 4.68. The molecule has 0 nitrogen and oxygen atoms in total. The fourth-order valence-electron chi connectivity index (χ4n) is 4.68. The number of hydrogen-bond acceptors (Lipinski definition) is 0. The summed E-state index contributed by atoms with van der Waals surface area (Å²) in [5.41, 5.74) is 12.7. The van der Waals surface area contributed by atoms with Gasteiger partial charge in [-0.05, 0) is 17.4 Å². The molecule has 44 heavy (non-hydrogen) atoms. The fraction of sp³-hybridized carbons (Fsp3) is 0.326. The van der Waals surface area contributed by atoms with E-state index in [1.807, 2.05) is 54.6 Å². The zero-order valence-electron chi connectivity index (χ0n) is 28.7. The summed E-state index contributed by atoms with van der Waals surface area (Å²) in [6.07, 6.45) is 8.41. The van der Waals surface area contributed by atoms with Crippen molar-refractivity contribution in [2.24, 2.45) is 5.92 Å². The second kappa shape index (κ2) is 17.6. The van der Waals surface area contributed by atoms with Crippen LogP contribution in [0.15, 0.2) is 96.6 Å². The van der Waals surface area contributed by atoms with Crippen molar-refractivity contribution in [1.82, 2.24) is 0 Å². The van der Waals surface area contributed by atoms with Crippen molar-refractivity contribution in [1.29, 1.82) is 0 Å². The van der Waals surface area contributed by atoms with Crippen LogP contribution in [-0.2, 0) is 41.5 Å². The van der Waals surface area contributed by atoms with Gasteiger partial charge >= 0.3 is 28.4 Å². The Balaban J connectivity index is 0.000000239. The summed E-state index contributed by atoms with van der Waals surface area (Å²) in [5, 5.41) is 0. The summed E-state index contributed by atoms with van der Waals surface area (Å²) in [6.45, 7) is 22.0. The normalized spacial score (nSPS) is 14.0. The number of hydrogen-bond donors (Lipinski definition) is 0. The average Bonchev–Trinajstić information content (AvgIpc) is 3.55. The van der Waals surface area contributed by atoms with Crippen LogP contribution in [0.3, 0.4) is 0 Å². The molecule has 1 atom stereocenters. The first-order chi connectivity index (χ1) is 20.7. The Kier molecular flexibility index (Phi) is 14.9. The topological polar surface area (TPSA) is 0 Å². The van der Waals surface area contributed by atoms with E-state index < -0.39 is 0 Å². The van der Waals surface area contributed by atoms with Gasteiger partial charge in [-0.2, -0.15) is 107 Å². The average molecular weight is 658 g/mol. The van der Waals surface area contributed by atoms with Gasteiger partial charge in [-0.3, -0.25) is 6.08 Å². The summed E-state index contributed by atoms with van der Waals surface area (Å²) in [5.74, 6) is 0.556. The number of aryl methyl sites for hydroxylation is 2. The first-order valence-corrected chi connectivity index (χ1v) is 17.1. The van der Waals surface area contributed by atoms with Crippen LogP contribution < -0.4 is 0 Å². The molecule has 0 saturated heterocycles. The van der Waals surface area contributed by atoms with Gasteiger partial charge in [0.05, 0.1) is 0 Å². The van der Waals surface area contributed by atoms with Crippen LogP contribution in [-0.4, -0.2) is 4.21 Å². The van der Waals surface area contributed by atoms with E-state index in [-0.39, 0.29) is 10.8 Å². The zero-order chi connectivity index (χ0) is 32.9. The van der Waals surface area contributed by atoms with Gasteiger partial charge in [0.25, 0.3) is 0 Å². The minimum atomic E-state index is 0.177. The number of benzene rings is 4. The number of allylic oxidation sites excluding steroid dienone is 4. The molecule has 230 valence electrons. The van der Waals surface area contributed by atoms with Crippen molar-refractivity contribution in [3.8, 4) is 11.1 Å². The second-order valence-electron chi connectivity index (χ2n) is 13.5. The molecule has 6 rings (SSSR count). The van der Waals surface area contributed by atoms with Crippen LogP contribution in [0.5, 0.6) is 0 Å². The molecule has 0 aromatic heterocycles. The van der Waals surface area contributed by atoms with Gasteiger partial charge in [0.1, 0.15) is 0 Å². The van der Waals surface area contributed by atoms with Crippen molar-refractivity contribution in [2.45, 2.75) is 86.5 Å². The first kappa shape index (κ1) is 37.3. The van der Waals surface area contributed by atoms with Gasteiger partial charge in [0.15, 0.2) is 0 Å². The molecule has 0 saturated carbocycles. The Labute approximate surface area is 284 Å². The summed E-state index contributed by atoms with van der Waals surface area (Å²) >= 11 is 1.30. The van der Waals surface area contributed by atoms with Crippen LogP contribution in [0.2, 0.25) is 0 Å². The molecule has 1 unspecified atom stereocenters. The molecule has 4 aromatic carbocycles. The zero-order valence-corrected chi connectivity index (χ0v) is 31.1. The van der Waals surface area contributed by atoms with Crippen molar-refractivity contribution in [3.63, 3.8) is 0 Å². The molecule has 0 heterocycles. The molecule has 0 bridgehead atoms. The molecule has 0 radical (unpaired) electrons. The van der Waals surface area contributed by atoms with Crippen LogP contribution >= 0.6 is 0 Å². The molecule has 0 N–H and O–H groups in total. The monoisotopic (exact) mass is 656 g/mol. The minimum absolute atomic E-state index is 0.177. The van der Waals surface area contributed by atoms with Gasteiger partial charge in [-0.1, -0.05) is 103 Å². The molecule has 0 spiro atoms.